The largest absolute Gasteiger partial charge is 0.478 e. The number of carboxylic acids is 2. The van der Waals surface area contributed by atoms with E-state index in [1.807, 2.05) is 24.3 Å². The molecular weight excluding hydrogens is 497 g/mol. The van der Waals surface area contributed by atoms with Crippen molar-refractivity contribution in [2.75, 3.05) is 0 Å². The summed E-state index contributed by atoms with van der Waals surface area (Å²) in [5.74, 6) is -2.57. The molecule has 0 atom stereocenters. The van der Waals surface area contributed by atoms with Crippen molar-refractivity contribution in [1.82, 2.24) is 0 Å². The number of amides is 1. The summed E-state index contributed by atoms with van der Waals surface area (Å²) in [6, 6.07) is 20.9. The SMILES string of the molecule is NC(=O)c1cccc2cccc(C(=O)O)c12.O=C(O)c1cccc2cccc(I)c12. The number of halogens is 1. The second-order valence-electron chi connectivity index (χ2n) is 6.33. The summed E-state index contributed by atoms with van der Waals surface area (Å²) < 4.78 is 0.970. The highest BCUT2D eigenvalue weighted by molar-refractivity contribution is 14.1. The van der Waals surface area contributed by atoms with Gasteiger partial charge in [0, 0.05) is 19.9 Å². The van der Waals surface area contributed by atoms with Crippen molar-refractivity contribution in [1.29, 1.82) is 0 Å². The highest BCUT2D eigenvalue weighted by Crippen LogP contribution is 2.24. The van der Waals surface area contributed by atoms with Gasteiger partial charge in [0.1, 0.15) is 0 Å². The Kier molecular flexibility index (Phi) is 6.31. The molecule has 0 aromatic heterocycles. The first-order chi connectivity index (χ1) is 14.3. The zero-order valence-electron chi connectivity index (χ0n) is 15.5. The van der Waals surface area contributed by atoms with Crippen LogP contribution in [0.4, 0.5) is 0 Å². The van der Waals surface area contributed by atoms with Crippen LogP contribution in [-0.2, 0) is 0 Å². The maximum atomic E-state index is 11.2. The van der Waals surface area contributed by atoms with E-state index in [9.17, 15) is 14.4 Å². The first kappa shape index (κ1) is 21.3. The molecule has 0 heterocycles. The second-order valence-corrected chi connectivity index (χ2v) is 7.49. The number of nitrogens with two attached hydrogens (primary N) is 1. The molecule has 0 bridgehead atoms. The number of aromatic carboxylic acids is 2. The maximum absolute atomic E-state index is 11.2. The summed E-state index contributed by atoms with van der Waals surface area (Å²) in [6.07, 6.45) is 0. The van der Waals surface area contributed by atoms with Crippen molar-refractivity contribution in [3.8, 4) is 0 Å². The van der Waals surface area contributed by atoms with Gasteiger partial charge in [-0.05, 0) is 57.6 Å². The van der Waals surface area contributed by atoms with Crippen LogP contribution < -0.4 is 5.73 Å². The molecule has 0 saturated heterocycles. The van der Waals surface area contributed by atoms with Crippen molar-refractivity contribution < 1.29 is 24.6 Å². The van der Waals surface area contributed by atoms with Crippen molar-refractivity contribution in [3.63, 3.8) is 0 Å². The van der Waals surface area contributed by atoms with E-state index in [4.69, 9.17) is 15.9 Å². The average molecular weight is 513 g/mol. The molecule has 0 spiro atoms. The van der Waals surface area contributed by atoms with Gasteiger partial charge in [-0.2, -0.15) is 0 Å². The van der Waals surface area contributed by atoms with Crippen molar-refractivity contribution >= 4 is 62.0 Å². The van der Waals surface area contributed by atoms with Gasteiger partial charge >= 0.3 is 11.9 Å². The Balaban J connectivity index is 0.000000172. The lowest BCUT2D eigenvalue weighted by molar-refractivity contribution is 0.0688. The number of hydrogen-bond acceptors (Lipinski definition) is 3. The van der Waals surface area contributed by atoms with Crippen LogP contribution in [0.3, 0.4) is 0 Å². The summed E-state index contributed by atoms with van der Waals surface area (Å²) in [7, 11) is 0. The number of carboxylic acid groups (broad SMARTS) is 2. The molecule has 1 amide bonds. The zero-order valence-corrected chi connectivity index (χ0v) is 17.7. The molecule has 6 nitrogen and oxygen atoms in total. The van der Waals surface area contributed by atoms with Crippen LogP contribution in [0.1, 0.15) is 31.1 Å². The van der Waals surface area contributed by atoms with Crippen molar-refractivity contribution in [2.45, 2.75) is 0 Å². The van der Waals surface area contributed by atoms with Gasteiger partial charge in [0.05, 0.1) is 11.1 Å². The van der Waals surface area contributed by atoms with E-state index in [0.29, 0.717) is 16.3 Å². The predicted molar refractivity (Wildman–Crippen MR) is 123 cm³/mol. The Morgan fingerprint density at radius 2 is 1.03 bits per heavy atom. The zero-order chi connectivity index (χ0) is 21.8. The number of rotatable bonds is 3. The number of carbonyl (C=O) groups is 3. The van der Waals surface area contributed by atoms with Gasteiger partial charge in [-0.3, -0.25) is 4.79 Å². The summed E-state index contributed by atoms with van der Waals surface area (Å²) in [4.78, 5) is 33.2. The molecule has 4 aromatic carbocycles. The lowest BCUT2D eigenvalue weighted by atomic mass is 9.99. The van der Waals surface area contributed by atoms with Crippen LogP contribution in [0.5, 0.6) is 0 Å². The monoisotopic (exact) mass is 513 g/mol. The van der Waals surface area contributed by atoms with E-state index < -0.39 is 17.8 Å². The Hall–Kier alpha value is -3.46. The quantitative estimate of drug-likeness (QED) is 0.341. The first-order valence-electron chi connectivity index (χ1n) is 8.76. The summed E-state index contributed by atoms with van der Waals surface area (Å²) in [5, 5.41) is 20.9. The van der Waals surface area contributed by atoms with Gasteiger partial charge in [0.25, 0.3) is 0 Å². The molecule has 4 aromatic rings. The molecule has 30 heavy (non-hydrogen) atoms. The summed E-state index contributed by atoms with van der Waals surface area (Å²) in [6.45, 7) is 0. The number of carbonyl (C=O) groups excluding carboxylic acids is 1. The highest BCUT2D eigenvalue weighted by atomic mass is 127. The fourth-order valence-electron chi connectivity index (χ4n) is 3.20. The van der Waals surface area contributed by atoms with E-state index >= 15 is 0 Å². The van der Waals surface area contributed by atoms with Crippen LogP contribution in [-0.4, -0.2) is 28.1 Å². The van der Waals surface area contributed by atoms with E-state index in [-0.39, 0.29) is 11.1 Å². The lowest BCUT2D eigenvalue weighted by Crippen LogP contribution is -2.13. The summed E-state index contributed by atoms with van der Waals surface area (Å²) >= 11 is 2.15. The molecule has 0 aliphatic heterocycles. The fraction of sp³-hybridized carbons (Fsp3) is 0. The molecule has 0 radical (unpaired) electrons. The van der Waals surface area contributed by atoms with Crippen molar-refractivity contribution in [3.05, 3.63) is 93.1 Å². The Labute approximate surface area is 185 Å². The smallest absolute Gasteiger partial charge is 0.336 e. The molecular formula is C23H16INO5. The molecule has 0 unspecified atom stereocenters. The minimum atomic E-state index is -1.07. The second kappa shape index (κ2) is 8.91. The summed E-state index contributed by atoms with van der Waals surface area (Å²) in [5.41, 5.74) is 5.91. The predicted octanol–water partition coefficient (Wildman–Crippen LogP) is 4.78. The Bertz CT molecular complexity index is 1250. The van der Waals surface area contributed by atoms with Crippen LogP contribution in [0.2, 0.25) is 0 Å². The van der Waals surface area contributed by atoms with Gasteiger partial charge < -0.3 is 15.9 Å². The van der Waals surface area contributed by atoms with Crippen LogP contribution in [0.25, 0.3) is 21.5 Å². The topological polar surface area (TPSA) is 118 Å². The van der Waals surface area contributed by atoms with Gasteiger partial charge in [0.2, 0.25) is 5.91 Å². The van der Waals surface area contributed by atoms with Gasteiger partial charge in [-0.15, -0.1) is 0 Å². The molecule has 0 fully saturated rings. The van der Waals surface area contributed by atoms with E-state index in [0.717, 1.165) is 14.3 Å². The van der Waals surface area contributed by atoms with Crippen molar-refractivity contribution in [2.24, 2.45) is 5.73 Å². The molecule has 4 N–H and O–H groups in total. The third kappa shape index (κ3) is 4.25. The van der Waals surface area contributed by atoms with Gasteiger partial charge in [0.15, 0.2) is 0 Å². The fourth-order valence-corrected chi connectivity index (χ4v) is 4.01. The number of fused-ring (bicyclic) bond motifs is 2. The number of primary amides is 1. The van der Waals surface area contributed by atoms with Crippen LogP contribution >= 0.6 is 22.6 Å². The third-order valence-corrected chi connectivity index (χ3v) is 5.38. The average Bonchev–Trinajstić information content (AvgIpc) is 2.73. The lowest BCUT2D eigenvalue weighted by Gasteiger charge is -2.06. The number of benzene rings is 4. The maximum Gasteiger partial charge on any atom is 0.336 e. The molecule has 0 saturated carbocycles. The van der Waals surface area contributed by atoms with Gasteiger partial charge in [-0.25, -0.2) is 9.59 Å². The Morgan fingerprint density at radius 1 is 0.633 bits per heavy atom. The molecule has 4 rings (SSSR count). The molecule has 150 valence electrons. The standard InChI is InChI=1S/C12H9NO3.C11H7IO2/c13-11(14)8-5-1-3-7-4-2-6-9(10(7)8)12(15)16;12-9-6-2-4-7-3-1-5-8(10(7)9)11(13)14/h1-6H,(H2,13,14)(H,15,16);1-6H,(H,13,14). The highest BCUT2D eigenvalue weighted by Gasteiger charge is 2.14. The van der Waals surface area contributed by atoms with E-state index in [2.05, 4.69) is 22.6 Å². The molecule has 0 aliphatic rings. The number of hydrogen-bond donors (Lipinski definition) is 3. The Morgan fingerprint density at radius 3 is 1.50 bits per heavy atom. The first-order valence-corrected chi connectivity index (χ1v) is 9.84. The third-order valence-electron chi connectivity index (χ3n) is 4.48. The molecule has 0 aliphatic carbocycles. The van der Waals surface area contributed by atoms with Crippen LogP contribution in [0.15, 0.2) is 72.8 Å². The normalized spacial score (nSPS) is 10.3. The van der Waals surface area contributed by atoms with Crippen LogP contribution in [0, 0.1) is 3.57 Å². The molecule has 7 heteroatoms. The van der Waals surface area contributed by atoms with E-state index in [1.54, 1.807) is 36.4 Å². The minimum Gasteiger partial charge on any atom is -0.478 e. The minimum absolute atomic E-state index is 0.0897. The van der Waals surface area contributed by atoms with Gasteiger partial charge in [-0.1, -0.05) is 48.5 Å². The van der Waals surface area contributed by atoms with E-state index in [1.165, 1.54) is 12.1 Å².